The van der Waals surface area contributed by atoms with Gasteiger partial charge in [0, 0.05) is 29.3 Å². The van der Waals surface area contributed by atoms with Crippen LogP contribution in [-0.2, 0) is 9.59 Å². The van der Waals surface area contributed by atoms with Gasteiger partial charge in [-0.15, -0.1) is 0 Å². The van der Waals surface area contributed by atoms with E-state index in [0.29, 0.717) is 48.4 Å². The zero-order chi connectivity index (χ0) is 19.9. The maximum Gasteiger partial charge on any atom is 0.227 e. The number of carbonyl (C=O) groups is 2. The number of nitrogens with one attached hydrogen (secondary N) is 2. The molecule has 1 aliphatic rings. The first-order valence-corrected chi connectivity index (χ1v) is 9.35. The van der Waals surface area contributed by atoms with Crippen LogP contribution < -0.4 is 15.4 Å². The summed E-state index contributed by atoms with van der Waals surface area (Å²) >= 11 is 0. The minimum atomic E-state index is -0.100. The van der Waals surface area contributed by atoms with Crippen molar-refractivity contribution in [1.82, 2.24) is 0 Å². The molecular formula is C22H23N3O3. The molecule has 0 aromatic heterocycles. The molecule has 2 aromatic rings. The van der Waals surface area contributed by atoms with Crippen LogP contribution in [-0.4, -0.2) is 18.9 Å². The first kappa shape index (κ1) is 19.4. The zero-order valence-electron chi connectivity index (χ0n) is 15.8. The van der Waals surface area contributed by atoms with Gasteiger partial charge in [-0.05, 0) is 62.1 Å². The molecule has 144 valence electrons. The molecular weight excluding hydrogens is 354 g/mol. The summed E-state index contributed by atoms with van der Waals surface area (Å²) in [6.07, 6.45) is 2.72. The van der Waals surface area contributed by atoms with Gasteiger partial charge in [-0.25, -0.2) is 0 Å². The number of hydrogen-bond acceptors (Lipinski definition) is 4. The Labute approximate surface area is 164 Å². The van der Waals surface area contributed by atoms with Gasteiger partial charge in [0.1, 0.15) is 5.75 Å². The second kappa shape index (κ2) is 9.05. The summed E-state index contributed by atoms with van der Waals surface area (Å²) < 4.78 is 5.17. The van der Waals surface area contributed by atoms with E-state index in [0.717, 1.165) is 0 Å². The highest BCUT2D eigenvalue weighted by atomic mass is 16.5. The SMILES string of the molecule is COc1cccc(NC(=O)C2CCC(C(=O)Nc3ccc(C#N)cc3)CC2)c1. The molecule has 2 amide bonds. The quantitative estimate of drug-likeness (QED) is 0.825. The van der Waals surface area contributed by atoms with Crippen LogP contribution in [0.3, 0.4) is 0 Å². The molecule has 28 heavy (non-hydrogen) atoms. The number of benzene rings is 2. The fraction of sp³-hybridized carbons (Fsp3) is 0.318. The van der Waals surface area contributed by atoms with Gasteiger partial charge in [0.05, 0.1) is 18.7 Å². The molecule has 0 unspecified atom stereocenters. The van der Waals surface area contributed by atoms with E-state index in [9.17, 15) is 9.59 Å². The molecule has 0 spiro atoms. The molecule has 1 aliphatic carbocycles. The van der Waals surface area contributed by atoms with E-state index in [2.05, 4.69) is 16.7 Å². The third kappa shape index (κ3) is 4.89. The molecule has 0 aliphatic heterocycles. The molecule has 0 atom stereocenters. The Kier molecular flexibility index (Phi) is 6.28. The van der Waals surface area contributed by atoms with Crippen molar-refractivity contribution in [2.45, 2.75) is 25.7 Å². The highest BCUT2D eigenvalue weighted by Gasteiger charge is 2.30. The zero-order valence-corrected chi connectivity index (χ0v) is 15.8. The maximum atomic E-state index is 12.5. The van der Waals surface area contributed by atoms with Crippen molar-refractivity contribution in [2.24, 2.45) is 11.8 Å². The predicted molar refractivity (Wildman–Crippen MR) is 107 cm³/mol. The van der Waals surface area contributed by atoms with E-state index >= 15 is 0 Å². The molecule has 0 saturated heterocycles. The minimum Gasteiger partial charge on any atom is -0.497 e. The Morgan fingerprint density at radius 1 is 0.929 bits per heavy atom. The van der Waals surface area contributed by atoms with E-state index in [1.807, 2.05) is 18.2 Å². The molecule has 3 rings (SSSR count). The Balaban J connectivity index is 1.49. The van der Waals surface area contributed by atoms with E-state index in [-0.39, 0.29) is 23.7 Å². The van der Waals surface area contributed by atoms with E-state index in [1.54, 1.807) is 37.4 Å². The number of ether oxygens (including phenoxy) is 1. The van der Waals surface area contributed by atoms with Gasteiger partial charge < -0.3 is 15.4 Å². The average molecular weight is 377 g/mol. The van der Waals surface area contributed by atoms with Crippen molar-refractivity contribution >= 4 is 23.2 Å². The third-order valence-electron chi connectivity index (χ3n) is 5.09. The van der Waals surface area contributed by atoms with Crippen LogP contribution in [0.15, 0.2) is 48.5 Å². The van der Waals surface area contributed by atoms with E-state index in [1.165, 1.54) is 0 Å². The Morgan fingerprint density at radius 3 is 2.04 bits per heavy atom. The second-order valence-corrected chi connectivity index (χ2v) is 6.95. The number of rotatable bonds is 5. The molecule has 0 heterocycles. The van der Waals surface area contributed by atoms with Gasteiger partial charge in [0.25, 0.3) is 0 Å². The van der Waals surface area contributed by atoms with Crippen LogP contribution in [0.1, 0.15) is 31.2 Å². The third-order valence-corrected chi connectivity index (χ3v) is 5.09. The number of amides is 2. The van der Waals surface area contributed by atoms with E-state index in [4.69, 9.17) is 10.00 Å². The molecule has 0 bridgehead atoms. The molecule has 2 aromatic carbocycles. The lowest BCUT2D eigenvalue weighted by atomic mass is 9.81. The van der Waals surface area contributed by atoms with Crippen molar-refractivity contribution in [3.63, 3.8) is 0 Å². The number of nitrogens with zero attached hydrogens (tertiary/aromatic N) is 1. The Hall–Kier alpha value is -3.33. The van der Waals surface area contributed by atoms with Crippen molar-refractivity contribution in [1.29, 1.82) is 5.26 Å². The lowest BCUT2D eigenvalue weighted by molar-refractivity contribution is -0.125. The average Bonchev–Trinajstić information content (AvgIpc) is 2.74. The fourth-order valence-electron chi connectivity index (χ4n) is 3.44. The van der Waals surface area contributed by atoms with Gasteiger partial charge in [0.15, 0.2) is 0 Å². The summed E-state index contributed by atoms with van der Waals surface area (Å²) in [5.74, 6) is 0.457. The first-order valence-electron chi connectivity index (χ1n) is 9.35. The lowest BCUT2D eigenvalue weighted by Crippen LogP contribution is -2.32. The number of carbonyl (C=O) groups excluding carboxylic acids is 2. The highest BCUT2D eigenvalue weighted by Crippen LogP contribution is 2.31. The van der Waals surface area contributed by atoms with Gasteiger partial charge in [0.2, 0.25) is 11.8 Å². The van der Waals surface area contributed by atoms with Crippen LogP contribution in [0.4, 0.5) is 11.4 Å². The molecule has 1 saturated carbocycles. The van der Waals surface area contributed by atoms with E-state index < -0.39 is 0 Å². The number of methoxy groups -OCH3 is 1. The van der Waals surface area contributed by atoms with Gasteiger partial charge in [-0.3, -0.25) is 9.59 Å². The van der Waals surface area contributed by atoms with Gasteiger partial charge in [-0.1, -0.05) is 6.07 Å². The number of hydrogen-bond donors (Lipinski definition) is 2. The Morgan fingerprint density at radius 2 is 1.50 bits per heavy atom. The standard InChI is InChI=1S/C22H23N3O3/c1-28-20-4-2-3-19(13-20)25-22(27)17-9-7-16(8-10-17)21(26)24-18-11-5-15(14-23)6-12-18/h2-6,11-13,16-17H,7-10H2,1H3,(H,24,26)(H,25,27). The van der Waals surface area contributed by atoms with Gasteiger partial charge >= 0.3 is 0 Å². The van der Waals surface area contributed by atoms with Crippen LogP contribution in [0, 0.1) is 23.2 Å². The second-order valence-electron chi connectivity index (χ2n) is 6.95. The van der Waals surface area contributed by atoms with Crippen LogP contribution in [0.25, 0.3) is 0 Å². The topological polar surface area (TPSA) is 91.2 Å². The summed E-state index contributed by atoms with van der Waals surface area (Å²) in [6.45, 7) is 0. The van der Waals surface area contributed by atoms with Crippen molar-refractivity contribution in [2.75, 3.05) is 17.7 Å². The lowest BCUT2D eigenvalue weighted by Gasteiger charge is -2.27. The summed E-state index contributed by atoms with van der Waals surface area (Å²) in [5.41, 5.74) is 1.95. The molecule has 6 nitrogen and oxygen atoms in total. The maximum absolute atomic E-state index is 12.5. The molecule has 2 N–H and O–H groups in total. The highest BCUT2D eigenvalue weighted by molar-refractivity contribution is 5.94. The van der Waals surface area contributed by atoms with Crippen molar-refractivity contribution in [3.8, 4) is 11.8 Å². The smallest absolute Gasteiger partial charge is 0.227 e. The first-order chi connectivity index (χ1) is 13.6. The van der Waals surface area contributed by atoms with Crippen molar-refractivity contribution in [3.05, 3.63) is 54.1 Å². The number of anilines is 2. The summed E-state index contributed by atoms with van der Waals surface area (Å²) in [7, 11) is 1.59. The van der Waals surface area contributed by atoms with Crippen LogP contribution in [0.2, 0.25) is 0 Å². The fourth-order valence-corrected chi connectivity index (χ4v) is 3.44. The van der Waals surface area contributed by atoms with Crippen molar-refractivity contribution < 1.29 is 14.3 Å². The summed E-state index contributed by atoms with van der Waals surface area (Å²) in [4.78, 5) is 25.0. The number of nitriles is 1. The van der Waals surface area contributed by atoms with Crippen LogP contribution >= 0.6 is 0 Å². The minimum absolute atomic E-state index is 0.0146. The molecule has 6 heteroatoms. The summed E-state index contributed by atoms with van der Waals surface area (Å²) in [6, 6.07) is 16.1. The molecule has 1 fully saturated rings. The normalized spacial score (nSPS) is 18.6. The molecule has 0 radical (unpaired) electrons. The largest absolute Gasteiger partial charge is 0.497 e. The van der Waals surface area contributed by atoms with Crippen LogP contribution in [0.5, 0.6) is 5.75 Å². The predicted octanol–water partition coefficient (Wildman–Crippen LogP) is 3.95. The Bertz CT molecular complexity index is 879. The summed E-state index contributed by atoms with van der Waals surface area (Å²) in [5, 5.41) is 14.7. The monoisotopic (exact) mass is 377 g/mol. The van der Waals surface area contributed by atoms with Gasteiger partial charge in [-0.2, -0.15) is 5.26 Å².